The zero-order valence-electron chi connectivity index (χ0n) is 36.0. The van der Waals surface area contributed by atoms with Gasteiger partial charge in [-0.15, -0.1) is 4.57 Å². The lowest BCUT2D eigenvalue weighted by atomic mass is 9.12. The molecule has 0 unspecified atom stereocenters. The van der Waals surface area contributed by atoms with Crippen molar-refractivity contribution >= 4 is 39.6 Å². The molecule has 0 aliphatic carbocycles. The summed E-state index contributed by atoms with van der Waals surface area (Å²) in [5, 5.41) is 10.8. The van der Waals surface area contributed by atoms with Gasteiger partial charge in [0.25, 0.3) is 0 Å². The molecule has 6 nitrogen and oxygen atoms in total. The van der Waals surface area contributed by atoms with Crippen molar-refractivity contribution in [1.82, 2.24) is 4.98 Å². The third kappa shape index (κ3) is 13.5. The lowest BCUT2D eigenvalue weighted by Crippen LogP contribution is -2.75. The topological polar surface area (TPSA) is 77.0 Å². The van der Waals surface area contributed by atoms with Crippen LogP contribution in [-0.4, -0.2) is 21.8 Å². The zero-order chi connectivity index (χ0) is 56.9. The Labute approximate surface area is 401 Å². The van der Waals surface area contributed by atoms with E-state index in [0.29, 0.717) is 5.56 Å². The molecule has 6 aromatic rings. The quantitative estimate of drug-likeness (QED) is 0.0380. The van der Waals surface area contributed by atoms with Crippen LogP contribution in [0.15, 0.2) is 122 Å². The number of aromatic nitrogens is 2. The number of ketones is 1. The SMILES string of the molecule is FC(F)(F)c1cc([B-](c2cc(C(F)(F)F)cc(C(F)(F)F)c2)(c2cc(C(F)(F)F)cc(C(F)(F)F)c2)c2cc(C(F)(F)F)cc(C(F)(F)F)c2)cc(C(F)(F)F)c1.O=C(C[n+]1ccncc1[N+](=O)[O-])c1ccccc1. The molecule has 6 rings (SSSR count). The maximum atomic E-state index is 14.2. The number of benzene rings is 5. The molecule has 0 N–H and O–H groups in total. The Bertz CT molecular complexity index is 2640. The molecule has 0 atom stereocenters. The van der Waals surface area contributed by atoms with E-state index in [1.165, 1.54) is 17.0 Å². The number of carbonyl (C=O) groups is 1. The van der Waals surface area contributed by atoms with Gasteiger partial charge in [0.15, 0.2) is 12.4 Å². The minimum atomic E-state index is -6.13. The Kier molecular flexibility index (Phi) is 15.7. The van der Waals surface area contributed by atoms with Crippen molar-refractivity contribution in [2.45, 2.75) is 56.0 Å². The van der Waals surface area contributed by atoms with Crippen LogP contribution in [0.3, 0.4) is 0 Å². The van der Waals surface area contributed by atoms with Gasteiger partial charge in [0.05, 0.1) is 50.7 Å². The first-order chi connectivity index (χ1) is 33.9. The molecule has 5 aromatic carbocycles. The van der Waals surface area contributed by atoms with Gasteiger partial charge in [-0.25, -0.2) is 4.98 Å². The van der Waals surface area contributed by atoms with Gasteiger partial charge in [-0.1, -0.05) is 78.9 Å². The molecule has 0 aliphatic rings. The molecule has 0 aliphatic heterocycles. The molecule has 75 heavy (non-hydrogen) atoms. The van der Waals surface area contributed by atoms with E-state index in [1.54, 1.807) is 30.3 Å². The fourth-order valence-electron chi connectivity index (χ4n) is 7.61. The summed E-state index contributed by atoms with van der Waals surface area (Å²) in [4.78, 5) is 25.8. The van der Waals surface area contributed by atoms with Crippen LogP contribution >= 0.6 is 0 Å². The number of carbonyl (C=O) groups excluding carboxylic acids is 1. The molecule has 0 saturated heterocycles. The second-order valence-corrected chi connectivity index (χ2v) is 15.8. The van der Waals surface area contributed by atoms with E-state index in [4.69, 9.17) is 0 Å². The zero-order valence-corrected chi connectivity index (χ0v) is 36.0. The van der Waals surface area contributed by atoms with Crippen molar-refractivity contribution < 1.29 is 120 Å². The second kappa shape index (κ2) is 20.1. The van der Waals surface area contributed by atoms with Crippen LogP contribution in [0.2, 0.25) is 0 Å². The normalized spacial score (nSPS) is 13.3. The molecule has 31 heteroatoms. The number of Topliss-reactive ketones (excluding diaryl/α,β-unsaturated/α-hetero) is 1. The Morgan fingerprint density at radius 1 is 0.440 bits per heavy atom. The molecular formula is C44H22BF24N3O3. The maximum Gasteiger partial charge on any atom is 0.520 e. The first-order valence-corrected chi connectivity index (χ1v) is 19.9. The summed E-state index contributed by atoms with van der Waals surface area (Å²) >= 11 is 0. The van der Waals surface area contributed by atoms with Crippen LogP contribution < -0.4 is 26.4 Å². The van der Waals surface area contributed by atoms with Gasteiger partial charge in [0.1, 0.15) is 11.1 Å². The molecule has 0 saturated carbocycles. The molecule has 402 valence electrons. The second-order valence-electron chi connectivity index (χ2n) is 15.8. The Morgan fingerprint density at radius 2 is 0.693 bits per heavy atom. The number of rotatable bonds is 8. The number of nitro groups is 1. The number of hydrogen-bond acceptors (Lipinski definition) is 4. The molecule has 0 spiro atoms. The predicted octanol–water partition coefficient (Wildman–Crippen LogP) is 12.4. The summed E-state index contributed by atoms with van der Waals surface area (Å²) in [6, 6.07) is -0.155. The van der Waals surface area contributed by atoms with Crippen LogP contribution in [0.1, 0.15) is 54.9 Å². The summed E-state index contributed by atoms with van der Waals surface area (Å²) in [7, 11) is 0. The van der Waals surface area contributed by atoms with Gasteiger partial charge in [0.2, 0.25) is 12.3 Å². The smallest absolute Gasteiger partial charge is 0.287 e. The van der Waals surface area contributed by atoms with E-state index in [-0.39, 0.29) is 18.1 Å². The molecule has 1 heterocycles. The average Bonchev–Trinajstić information content (AvgIpc) is 3.27. The average molecular weight is 1110 g/mol. The van der Waals surface area contributed by atoms with E-state index >= 15 is 0 Å². The summed E-state index contributed by atoms with van der Waals surface area (Å²) in [5.41, 5.74) is -29.7. The minimum absolute atomic E-state index is 0.0805. The summed E-state index contributed by atoms with van der Waals surface area (Å²) in [6.45, 7) is -0.0805. The first kappa shape index (κ1) is 58.5. The standard InChI is InChI=1S/C32H12BF24.C12H10N3O3/c34-25(35,36)13-1-14(26(37,38)39)6-21(5-13)33(22-7-15(27(40,41)42)2-16(8-22)28(43,44)45,23-9-17(29(46,47)48)3-18(10-23)30(49,50)51)24-11-19(31(52,53)54)4-20(12-24)32(55,56)57;16-11(10-4-2-1-3-5-10)9-14-7-6-13-8-12(14)15(17)18/h1-12H;1-8H,9H2/q-1;+1. The first-order valence-electron chi connectivity index (χ1n) is 19.9. The summed E-state index contributed by atoms with van der Waals surface area (Å²) in [5.74, 6) is -0.392. The molecule has 0 radical (unpaired) electrons. The minimum Gasteiger partial charge on any atom is -0.287 e. The van der Waals surface area contributed by atoms with Crippen molar-refractivity contribution in [3.8, 4) is 0 Å². The number of nitrogens with zero attached hydrogens (tertiary/aromatic N) is 3. The third-order valence-corrected chi connectivity index (χ3v) is 10.9. The fourth-order valence-corrected chi connectivity index (χ4v) is 7.61. The maximum absolute atomic E-state index is 14.2. The molecule has 0 amide bonds. The van der Waals surface area contributed by atoms with Crippen LogP contribution in [0.25, 0.3) is 0 Å². The highest BCUT2D eigenvalue weighted by Crippen LogP contribution is 2.41. The Balaban J connectivity index is 0.000000483. The highest BCUT2D eigenvalue weighted by atomic mass is 19.4. The largest absolute Gasteiger partial charge is 0.520 e. The van der Waals surface area contributed by atoms with E-state index < -0.39 is 200 Å². The summed E-state index contributed by atoms with van der Waals surface area (Å²) < 4.78 is 342. The van der Waals surface area contributed by atoms with E-state index in [1.807, 2.05) is 0 Å². The predicted molar refractivity (Wildman–Crippen MR) is 212 cm³/mol. The van der Waals surface area contributed by atoms with Gasteiger partial charge in [-0.05, 0) is 24.3 Å². The van der Waals surface area contributed by atoms with Crippen LogP contribution in [0.4, 0.5) is 111 Å². The number of halogens is 24. The number of alkyl halides is 24. The van der Waals surface area contributed by atoms with E-state index in [0.717, 1.165) is 6.20 Å². The van der Waals surface area contributed by atoms with Gasteiger partial charge >= 0.3 is 55.2 Å². The van der Waals surface area contributed by atoms with Gasteiger partial charge in [-0.2, -0.15) is 127 Å². The third-order valence-electron chi connectivity index (χ3n) is 10.9. The molecular weight excluding hydrogens is 1090 g/mol. The van der Waals surface area contributed by atoms with Crippen molar-refractivity contribution in [3.05, 3.63) is 182 Å². The Morgan fingerprint density at radius 3 is 0.920 bits per heavy atom. The molecule has 1 aromatic heterocycles. The highest BCUT2D eigenvalue weighted by Gasteiger charge is 2.47. The van der Waals surface area contributed by atoms with Crippen molar-refractivity contribution in [2.24, 2.45) is 0 Å². The van der Waals surface area contributed by atoms with Gasteiger partial charge < -0.3 is 0 Å². The van der Waals surface area contributed by atoms with Crippen molar-refractivity contribution in [1.29, 1.82) is 0 Å². The van der Waals surface area contributed by atoms with Crippen LogP contribution in [0, 0.1) is 10.1 Å². The summed E-state index contributed by atoms with van der Waals surface area (Å²) in [6.07, 6.45) is -50.9. The molecule has 0 bridgehead atoms. The van der Waals surface area contributed by atoms with E-state index in [2.05, 4.69) is 4.98 Å². The van der Waals surface area contributed by atoms with Gasteiger partial charge in [-0.3, -0.25) is 14.9 Å². The van der Waals surface area contributed by atoms with Crippen LogP contribution in [0.5, 0.6) is 0 Å². The van der Waals surface area contributed by atoms with E-state index in [9.17, 15) is 120 Å². The number of hydrogen-bond donors (Lipinski definition) is 0. The van der Waals surface area contributed by atoms with Crippen molar-refractivity contribution in [2.75, 3.05) is 0 Å². The fraction of sp³-hybridized carbons (Fsp3) is 0.205. The lowest BCUT2D eigenvalue weighted by Gasteiger charge is -2.46. The van der Waals surface area contributed by atoms with Gasteiger partial charge in [0, 0.05) is 5.56 Å². The molecule has 0 fully saturated rings. The monoisotopic (exact) mass is 1110 g/mol. The highest BCUT2D eigenvalue weighted by molar-refractivity contribution is 7.20. The van der Waals surface area contributed by atoms with Crippen molar-refractivity contribution in [3.63, 3.8) is 0 Å². The lowest BCUT2D eigenvalue weighted by molar-refractivity contribution is -0.725. The van der Waals surface area contributed by atoms with Crippen LogP contribution in [-0.2, 0) is 56.0 Å². The Hall–Kier alpha value is -7.37.